The lowest BCUT2D eigenvalue weighted by Crippen LogP contribution is -2.49. The van der Waals surface area contributed by atoms with Gasteiger partial charge >= 0.3 is 6.09 Å². The molecule has 3 heterocycles. The van der Waals surface area contributed by atoms with Gasteiger partial charge in [0.1, 0.15) is 19.3 Å². The molecule has 1 aromatic heterocycles. The number of amides is 3. The highest BCUT2D eigenvalue weighted by molar-refractivity contribution is 6.36. The third kappa shape index (κ3) is 3.41. The first kappa shape index (κ1) is 19.2. The van der Waals surface area contributed by atoms with Crippen LogP contribution in [0, 0.1) is 5.92 Å². The van der Waals surface area contributed by atoms with Crippen LogP contribution in [0.4, 0.5) is 10.6 Å². The number of imide groups is 1. The van der Waals surface area contributed by atoms with E-state index in [4.69, 9.17) is 12.6 Å². The van der Waals surface area contributed by atoms with Crippen molar-refractivity contribution in [1.82, 2.24) is 14.7 Å². The summed E-state index contributed by atoms with van der Waals surface area (Å²) in [6.07, 6.45) is 0.940. The highest BCUT2D eigenvalue weighted by Crippen LogP contribution is 2.28. The minimum Gasteiger partial charge on any atom is -0.443 e. The summed E-state index contributed by atoms with van der Waals surface area (Å²) in [4.78, 5) is 40.8. The molecular weight excluding hydrogens is 371 g/mol. The Bertz CT molecular complexity index is 975. The molecule has 0 saturated heterocycles. The molecule has 4 rings (SSSR count). The van der Waals surface area contributed by atoms with Gasteiger partial charge in [-0.2, -0.15) is 5.10 Å². The minimum absolute atomic E-state index is 0.171. The first-order chi connectivity index (χ1) is 13.7. The first-order valence-electron chi connectivity index (χ1n) is 9.42. The van der Waals surface area contributed by atoms with E-state index in [-0.39, 0.29) is 30.8 Å². The van der Waals surface area contributed by atoms with E-state index >= 15 is 0 Å². The monoisotopic (exact) mass is 392 g/mol. The molecule has 2 aliphatic rings. The topological polar surface area (TPSA) is 84.7 Å². The third-order valence-corrected chi connectivity index (χ3v) is 4.90. The Balaban J connectivity index is 1.58. The summed E-state index contributed by atoms with van der Waals surface area (Å²) in [7, 11) is 6.01. The summed E-state index contributed by atoms with van der Waals surface area (Å²) in [5.74, 6) is -0.380. The van der Waals surface area contributed by atoms with Gasteiger partial charge in [-0.15, -0.1) is 0 Å². The molecule has 0 bridgehead atoms. The molecule has 148 valence electrons. The molecule has 1 unspecified atom stereocenters. The summed E-state index contributed by atoms with van der Waals surface area (Å²) >= 11 is 0. The number of anilines is 1. The Labute approximate surface area is 169 Å². The maximum Gasteiger partial charge on any atom is 0.415 e. The number of hydrogen-bond acceptors (Lipinski definition) is 5. The Morgan fingerprint density at radius 2 is 1.79 bits per heavy atom. The van der Waals surface area contributed by atoms with E-state index in [2.05, 4.69) is 5.10 Å². The van der Waals surface area contributed by atoms with Crippen molar-refractivity contribution >= 4 is 37.0 Å². The molecule has 3 amide bonds. The van der Waals surface area contributed by atoms with Crippen molar-refractivity contribution in [3.05, 3.63) is 41.6 Å². The van der Waals surface area contributed by atoms with Crippen LogP contribution in [0.3, 0.4) is 0 Å². The van der Waals surface area contributed by atoms with Crippen LogP contribution in [-0.2, 0) is 11.3 Å². The number of hydrogen-bond donors (Lipinski definition) is 0. The average molecular weight is 392 g/mol. The van der Waals surface area contributed by atoms with E-state index in [9.17, 15) is 14.4 Å². The van der Waals surface area contributed by atoms with Gasteiger partial charge in [0, 0.05) is 31.7 Å². The number of carbonyl (C=O) groups excluding carboxylic acids is 3. The number of benzene rings is 1. The average Bonchev–Trinajstić information content (AvgIpc) is 3.14. The molecule has 0 saturated carbocycles. The second-order valence-corrected chi connectivity index (χ2v) is 8.33. The lowest BCUT2D eigenvalue weighted by Gasteiger charge is -2.36. The molecule has 2 aliphatic heterocycles. The number of aromatic nitrogens is 2. The smallest absolute Gasteiger partial charge is 0.415 e. The molecule has 0 spiro atoms. The molecule has 9 heteroatoms. The highest BCUT2D eigenvalue weighted by atomic mass is 16.6. The molecule has 2 radical (unpaired) electrons. The van der Waals surface area contributed by atoms with Crippen LogP contribution < -0.4 is 10.4 Å². The molecule has 1 atom stereocenters. The lowest BCUT2D eigenvalue weighted by molar-refractivity contribution is 0.0552. The van der Waals surface area contributed by atoms with E-state index in [0.29, 0.717) is 29.0 Å². The van der Waals surface area contributed by atoms with E-state index in [1.54, 1.807) is 49.7 Å². The number of ether oxygens (including phenoxy) is 1. The standard InChI is InChI=1S/C20H21BN4O4/c1-20(2,3)29-19(28)23-9-12(11-25-16(23)15(21)8-22-25)10-24-17(26)13-6-4-5-7-14(13)18(24)27/h4-8,12H,9-11H2,1-3H3. The van der Waals surface area contributed by atoms with Crippen LogP contribution in [-0.4, -0.2) is 59.1 Å². The second kappa shape index (κ2) is 6.75. The Kier molecular flexibility index (Phi) is 4.48. The van der Waals surface area contributed by atoms with Gasteiger partial charge in [0.2, 0.25) is 0 Å². The van der Waals surface area contributed by atoms with Crippen LogP contribution in [0.2, 0.25) is 0 Å². The van der Waals surface area contributed by atoms with Crippen molar-refractivity contribution in [2.24, 2.45) is 5.92 Å². The summed E-state index contributed by atoms with van der Waals surface area (Å²) < 4.78 is 7.13. The Hall–Kier alpha value is -3.10. The summed E-state index contributed by atoms with van der Waals surface area (Å²) in [5, 5.41) is 4.24. The summed E-state index contributed by atoms with van der Waals surface area (Å²) in [5.41, 5.74) is 0.504. The van der Waals surface area contributed by atoms with E-state index in [0.717, 1.165) is 0 Å². The molecule has 8 nitrogen and oxygen atoms in total. The molecule has 0 N–H and O–H groups in total. The van der Waals surface area contributed by atoms with Crippen LogP contribution in [0.1, 0.15) is 41.5 Å². The molecule has 29 heavy (non-hydrogen) atoms. The number of rotatable bonds is 2. The number of carbonyl (C=O) groups is 3. The van der Waals surface area contributed by atoms with Gasteiger partial charge in [-0.1, -0.05) is 12.1 Å². The van der Waals surface area contributed by atoms with Crippen molar-refractivity contribution in [2.75, 3.05) is 18.0 Å². The van der Waals surface area contributed by atoms with E-state index in [1.165, 1.54) is 16.0 Å². The normalized spacial score (nSPS) is 18.7. The number of nitrogens with zero attached hydrogens (tertiary/aromatic N) is 4. The zero-order chi connectivity index (χ0) is 20.9. The van der Waals surface area contributed by atoms with Crippen LogP contribution in [0.25, 0.3) is 0 Å². The van der Waals surface area contributed by atoms with Crippen molar-refractivity contribution in [3.8, 4) is 0 Å². The maximum atomic E-state index is 12.8. The van der Waals surface area contributed by atoms with Crippen molar-refractivity contribution in [1.29, 1.82) is 0 Å². The molecule has 1 aromatic carbocycles. The quantitative estimate of drug-likeness (QED) is 0.569. The SMILES string of the molecule is [B]c1cnn2c1N(C(=O)OC(C)(C)C)CC(CN1C(=O)c3ccccc3C1=O)C2. The van der Waals surface area contributed by atoms with Gasteiger partial charge in [0.25, 0.3) is 11.8 Å². The van der Waals surface area contributed by atoms with Gasteiger partial charge in [0.05, 0.1) is 11.1 Å². The van der Waals surface area contributed by atoms with Crippen LogP contribution in [0.5, 0.6) is 0 Å². The van der Waals surface area contributed by atoms with Crippen molar-refractivity contribution < 1.29 is 19.1 Å². The van der Waals surface area contributed by atoms with Gasteiger partial charge < -0.3 is 4.74 Å². The highest BCUT2D eigenvalue weighted by Gasteiger charge is 2.39. The molecule has 0 aliphatic carbocycles. The zero-order valence-corrected chi connectivity index (χ0v) is 16.6. The minimum atomic E-state index is -0.674. The maximum absolute atomic E-state index is 12.8. The lowest BCUT2D eigenvalue weighted by atomic mass is 9.97. The van der Waals surface area contributed by atoms with E-state index < -0.39 is 11.7 Å². The van der Waals surface area contributed by atoms with Gasteiger partial charge in [-0.3, -0.25) is 19.4 Å². The van der Waals surface area contributed by atoms with Crippen molar-refractivity contribution in [3.63, 3.8) is 0 Å². The zero-order valence-electron chi connectivity index (χ0n) is 16.6. The molecular formula is C20H21BN4O4. The Morgan fingerprint density at radius 3 is 2.38 bits per heavy atom. The first-order valence-corrected chi connectivity index (χ1v) is 9.42. The number of fused-ring (bicyclic) bond motifs is 2. The third-order valence-electron chi connectivity index (χ3n) is 4.90. The van der Waals surface area contributed by atoms with Crippen LogP contribution in [0.15, 0.2) is 30.5 Å². The van der Waals surface area contributed by atoms with E-state index in [1.807, 2.05) is 0 Å². The Morgan fingerprint density at radius 1 is 1.17 bits per heavy atom. The molecule has 2 aromatic rings. The predicted octanol–water partition coefficient (Wildman–Crippen LogP) is 1.34. The predicted molar refractivity (Wildman–Crippen MR) is 106 cm³/mol. The fraction of sp³-hybridized carbons (Fsp3) is 0.400. The molecule has 0 fully saturated rings. The fourth-order valence-electron chi connectivity index (χ4n) is 3.73. The fourth-order valence-corrected chi connectivity index (χ4v) is 3.73. The second-order valence-electron chi connectivity index (χ2n) is 8.33. The summed E-state index contributed by atoms with van der Waals surface area (Å²) in [6, 6.07) is 6.76. The van der Waals surface area contributed by atoms with Crippen LogP contribution >= 0.6 is 0 Å². The van der Waals surface area contributed by atoms with Crippen molar-refractivity contribution in [2.45, 2.75) is 32.9 Å². The van der Waals surface area contributed by atoms with Gasteiger partial charge in [-0.25, -0.2) is 9.48 Å². The van der Waals surface area contributed by atoms with Gasteiger partial charge in [-0.05, 0) is 38.4 Å². The summed E-state index contributed by atoms with van der Waals surface area (Å²) in [6.45, 7) is 6.21. The largest absolute Gasteiger partial charge is 0.443 e. The van der Waals surface area contributed by atoms with Gasteiger partial charge in [0.15, 0.2) is 0 Å².